The molecule has 0 saturated heterocycles. The molecule has 1 unspecified atom stereocenters. The number of hydrogen-bond acceptors (Lipinski definition) is 4. The molecule has 0 aliphatic rings. The highest BCUT2D eigenvalue weighted by molar-refractivity contribution is 5.89. The first kappa shape index (κ1) is 18.7. The number of fused-ring (bicyclic) bond motifs is 1. The van der Waals surface area contributed by atoms with Crippen LogP contribution in [0.5, 0.6) is 5.75 Å². The van der Waals surface area contributed by atoms with Gasteiger partial charge in [0.15, 0.2) is 0 Å². The number of carboxylic acids is 1. The summed E-state index contributed by atoms with van der Waals surface area (Å²) < 4.78 is 5.48. The highest BCUT2D eigenvalue weighted by atomic mass is 16.5. The summed E-state index contributed by atoms with van der Waals surface area (Å²) in [6, 6.07) is 11.2. The maximum Gasteiger partial charge on any atom is 0.320 e. The maximum atomic E-state index is 11.4. The Morgan fingerprint density at radius 1 is 1.28 bits per heavy atom. The van der Waals surface area contributed by atoms with Gasteiger partial charge in [-0.05, 0) is 30.0 Å². The third-order valence-electron chi connectivity index (χ3n) is 4.17. The molecule has 25 heavy (non-hydrogen) atoms. The summed E-state index contributed by atoms with van der Waals surface area (Å²) in [7, 11) is 1.62. The molecule has 2 aromatic rings. The highest BCUT2D eigenvalue weighted by Gasteiger charge is 2.21. The van der Waals surface area contributed by atoms with E-state index in [-0.39, 0.29) is 5.91 Å². The largest absolute Gasteiger partial charge is 0.496 e. The van der Waals surface area contributed by atoms with Gasteiger partial charge in [0.1, 0.15) is 11.8 Å². The van der Waals surface area contributed by atoms with Crippen LogP contribution in [0.15, 0.2) is 36.4 Å². The molecule has 0 spiro atoms. The molecule has 0 radical (unpaired) electrons. The summed E-state index contributed by atoms with van der Waals surface area (Å²) in [5.74, 6) is -0.260. The predicted octanol–water partition coefficient (Wildman–Crippen LogP) is 2.26. The van der Waals surface area contributed by atoms with Crippen molar-refractivity contribution in [2.75, 3.05) is 20.2 Å². The van der Waals surface area contributed by atoms with E-state index in [1.807, 2.05) is 41.3 Å². The lowest BCUT2D eigenvalue weighted by molar-refractivity contribution is -0.142. The Labute approximate surface area is 147 Å². The number of carbonyl (C=O) groups excluding carboxylic acids is 1. The van der Waals surface area contributed by atoms with E-state index in [9.17, 15) is 14.7 Å². The Kier molecular flexibility index (Phi) is 6.36. The Bertz CT molecular complexity index is 760. The third-order valence-corrected chi connectivity index (χ3v) is 4.17. The molecule has 0 bridgehead atoms. The summed E-state index contributed by atoms with van der Waals surface area (Å²) in [6.45, 7) is 4.39. The van der Waals surface area contributed by atoms with E-state index in [2.05, 4.69) is 5.32 Å². The molecule has 0 aliphatic heterocycles. The molecular formula is C19H24N2O4. The molecule has 1 amide bonds. The minimum Gasteiger partial charge on any atom is -0.496 e. The Balaban J connectivity index is 2.26. The Morgan fingerprint density at radius 2 is 2.00 bits per heavy atom. The first-order valence-electron chi connectivity index (χ1n) is 8.19. The monoisotopic (exact) mass is 344 g/mol. The zero-order chi connectivity index (χ0) is 18.4. The lowest BCUT2D eigenvalue weighted by Crippen LogP contribution is -2.42. The molecule has 2 rings (SSSR count). The maximum absolute atomic E-state index is 11.4. The fourth-order valence-electron chi connectivity index (χ4n) is 2.77. The molecule has 0 aromatic heterocycles. The number of ether oxygens (including phenoxy) is 1. The summed E-state index contributed by atoms with van der Waals surface area (Å²) in [5.41, 5.74) is 0.964. The van der Waals surface area contributed by atoms with Gasteiger partial charge in [-0.3, -0.25) is 14.5 Å². The molecule has 0 saturated carbocycles. The van der Waals surface area contributed by atoms with Gasteiger partial charge < -0.3 is 15.2 Å². The summed E-state index contributed by atoms with van der Waals surface area (Å²) in [5, 5.41) is 14.1. The van der Waals surface area contributed by atoms with E-state index in [0.717, 1.165) is 22.1 Å². The van der Waals surface area contributed by atoms with Gasteiger partial charge in [-0.1, -0.05) is 24.3 Å². The number of carbonyl (C=O) groups is 2. The van der Waals surface area contributed by atoms with Crippen molar-refractivity contribution in [2.45, 2.75) is 26.4 Å². The Morgan fingerprint density at radius 3 is 2.64 bits per heavy atom. The fourth-order valence-corrected chi connectivity index (χ4v) is 2.77. The van der Waals surface area contributed by atoms with Crippen molar-refractivity contribution in [3.05, 3.63) is 42.0 Å². The average molecular weight is 344 g/mol. The topological polar surface area (TPSA) is 78.9 Å². The van der Waals surface area contributed by atoms with E-state index in [1.165, 1.54) is 6.92 Å². The minimum absolute atomic E-state index is 0.129. The SMILES string of the molecule is COc1cc(CN(CCNC(C)=O)C(C)C(=O)O)cc2ccccc12. The van der Waals surface area contributed by atoms with E-state index in [1.54, 1.807) is 14.0 Å². The van der Waals surface area contributed by atoms with Crippen LogP contribution in [0.25, 0.3) is 10.8 Å². The number of nitrogens with one attached hydrogen (secondary N) is 1. The van der Waals surface area contributed by atoms with Crippen LogP contribution in [0, 0.1) is 0 Å². The summed E-state index contributed by atoms with van der Waals surface area (Å²) in [4.78, 5) is 24.3. The second-order valence-corrected chi connectivity index (χ2v) is 5.99. The summed E-state index contributed by atoms with van der Waals surface area (Å²) in [6.07, 6.45) is 0. The van der Waals surface area contributed by atoms with Gasteiger partial charge in [-0.2, -0.15) is 0 Å². The molecule has 1 atom stereocenters. The number of rotatable bonds is 8. The summed E-state index contributed by atoms with van der Waals surface area (Å²) >= 11 is 0. The van der Waals surface area contributed by atoms with Gasteiger partial charge in [-0.15, -0.1) is 0 Å². The van der Waals surface area contributed by atoms with Gasteiger partial charge in [0, 0.05) is 31.9 Å². The van der Waals surface area contributed by atoms with Gasteiger partial charge in [0.2, 0.25) is 5.91 Å². The van der Waals surface area contributed by atoms with Gasteiger partial charge >= 0.3 is 5.97 Å². The zero-order valence-corrected chi connectivity index (χ0v) is 14.8. The van der Waals surface area contributed by atoms with E-state index >= 15 is 0 Å². The standard InChI is InChI=1S/C19H24N2O4/c1-13(19(23)24)21(9-8-20-14(2)22)12-15-10-16-6-4-5-7-17(16)18(11-15)25-3/h4-7,10-11,13H,8-9,12H2,1-3H3,(H,20,22)(H,23,24). The van der Waals surface area contributed by atoms with Crippen molar-refractivity contribution in [1.82, 2.24) is 10.2 Å². The van der Waals surface area contributed by atoms with Crippen molar-refractivity contribution in [3.63, 3.8) is 0 Å². The van der Waals surface area contributed by atoms with Crippen LogP contribution in [0.3, 0.4) is 0 Å². The van der Waals surface area contributed by atoms with Gasteiger partial charge in [0.25, 0.3) is 0 Å². The second-order valence-electron chi connectivity index (χ2n) is 5.99. The van der Waals surface area contributed by atoms with E-state index < -0.39 is 12.0 Å². The van der Waals surface area contributed by atoms with E-state index in [4.69, 9.17) is 4.74 Å². The number of methoxy groups -OCH3 is 1. The van der Waals surface area contributed by atoms with Crippen LogP contribution in [0.1, 0.15) is 19.4 Å². The highest BCUT2D eigenvalue weighted by Crippen LogP contribution is 2.28. The molecule has 6 nitrogen and oxygen atoms in total. The first-order chi connectivity index (χ1) is 11.9. The Hall–Kier alpha value is -2.60. The van der Waals surface area contributed by atoms with E-state index in [0.29, 0.717) is 19.6 Å². The van der Waals surface area contributed by atoms with Crippen molar-refractivity contribution in [2.24, 2.45) is 0 Å². The van der Waals surface area contributed by atoms with Crippen LogP contribution in [-0.4, -0.2) is 48.1 Å². The number of benzene rings is 2. The molecule has 0 fully saturated rings. The van der Waals surface area contributed by atoms with Crippen LogP contribution in [-0.2, 0) is 16.1 Å². The average Bonchev–Trinajstić information content (AvgIpc) is 2.59. The molecular weight excluding hydrogens is 320 g/mol. The lowest BCUT2D eigenvalue weighted by atomic mass is 10.0. The smallest absolute Gasteiger partial charge is 0.320 e. The number of carboxylic acid groups (broad SMARTS) is 1. The number of hydrogen-bond donors (Lipinski definition) is 2. The van der Waals surface area contributed by atoms with Crippen LogP contribution < -0.4 is 10.1 Å². The third kappa shape index (κ3) is 4.93. The molecule has 2 N–H and O–H groups in total. The van der Waals surface area contributed by atoms with Crippen molar-refractivity contribution in [1.29, 1.82) is 0 Å². The van der Waals surface area contributed by atoms with Crippen LogP contribution >= 0.6 is 0 Å². The molecule has 2 aromatic carbocycles. The number of nitrogens with zero attached hydrogens (tertiary/aromatic N) is 1. The molecule has 6 heteroatoms. The minimum atomic E-state index is -0.893. The van der Waals surface area contributed by atoms with Gasteiger partial charge in [-0.25, -0.2) is 0 Å². The number of amides is 1. The van der Waals surface area contributed by atoms with Crippen molar-refractivity contribution in [3.8, 4) is 5.75 Å². The molecule has 0 aliphatic carbocycles. The zero-order valence-electron chi connectivity index (χ0n) is 14.8. The first-order valence-corrected chi connectivity index (χ1v) is 8.19. The van der Waals surface area contributed by atoms with Crippen molar-refractivity contribution < 1.29 is 19.4 Å². The van der Waals surface area contributed by atoms with Crippen LogP contribution in [0.2, 0.25) is 0 Å². The number of aliphatic carboxylic acids is 1. The quantitative estimate of drug-likeness (QED) is 0.768. The normalized spacial score (nSPS) is 12.2. The van der Waals surface area contributed by atoms with Crippen LogP contribution in [0.4, 0.5) is 0 Å². The van der Waals surface area contributed by atoms with Gasteiger partial charge in [0.05, 0.1) is 7.11 Å². The predicted molar refractivity (Wildman–Crippen MR) is 96.7 cm³/mol. The molecule has 0 heterocycles. The molecule has 134 valence electrons. The fraction of sp³-hybridized carbons (Fsp3) is 0.368. The lowest BCUT2D eigenvalue weighted by Gasteiger charge is -2.26. The van der Waals surface area contributed by atoms with Crippen molar-refractivity contribution >= 4 is 22.6 Å². The second kappa shape index (κ2) is 8.48.